The van der Waals surface area contributed by atoms with Gasteiger partial charge in [0.15, 0.2) is 0 Å². The number of anilines is 1. The van der Waals surface area contributed by atoms with Gasteiger partial charge in [0.05, 0.1) is 12.2 Å². The second-order valence-corrected chi connectivity index (χ2v) is 5.31. The van der Waals surface area contributed by atoms with Gasteiger partial charge in [0.25, 0.3) is 0 Å². The minimum absolute atomic E-state index is 0.449. The Labute approximate surface area is 118 Å². The van der Waals surface area contributed by atoms with Crippen LogP contribution in [0.5, 0.6) is 0 Å². The molecule has 0 aliphatic heterocycles. The average Bonchev–Trinajstić information content (AvgIpc) is 3.06. The van der Waals surface area contributed by atoms with Crippen LogP contribution < -0.4 is 5.73 Å². The number of nitrogens with zero attached hydrogens (tertiary/aromatic N) is 3. The SMILES string of the molecule is CCC(C)n1ccc(Cn2ccc3cc(N)ccc32)n1. The van der Waals surface area contributed by atoms with Gasteiger partial charge >= 0.3 is 0 Å². The van der Waals surface area contributed by atoms with Crippen LogP contribution in [0.25, 0.3) is 10.9 Å². The first-order valence-electron chi connectivity index (χ1n) is 7.06. The fraction of sp³-hybridized carbons (Fsp3) is 0.312. The fourth-order valence-electron chi connectivity index (χ4n) is 2.43. The van der Waals surface area contributed by atoms with E-state index in [4.69, 9.17) is 5.73 Å². The highest BCUT2D eigenvalue weighted by atomic mass is 15.3. The van der Waals surface area contributed by atoms with Gasteiger partial charge in [0.2, 0.25) is 0 Å². The molecule has 0 saturated carbocycles. The van der Waals surface area contributed by atoms with Crippen molar-refractivity contribution in [2.45, 2.75) is 32.9 Å². The third-order valence-electron chi connectivity index (χ3n) is 3.83. The van der Waals surface area contributed by atoms with E-state index in [1.54, 1.807) is 0 Å². The third kappa shape index (κ3) is 2.29. The van der Waals surface area contributed by atoms with Crippen LogP contribution in [-0.4, -0.2) is 14.3 Å². The van der Waals surface area contributed by atoms with E-state index >= 15 is 0 Å². The van der Waals surface area contributed by atoms with Gasteiger partial charge in [-0.2, -0.15) is 5.10 Å². The van der Waals surface area contributed by atoms with Crippen molar-refractivity contribution in [2.24, 2.45) is 0 Å². The fourth-order valence-corrected chi connectivity index (χ4v) is 2.43. The van der Waals surface area contributed by atoms with E-state index < -0.39 is 0 Å². The predicted molar refractivity (Wildman–Crippen MR) is 82.7 cm³/mol. The molecule has 2 aromatic heterocycles. The number of hydrogen-bond acceptors (Lipinski definition) is 2. The topological polar surface area (TPSA) is 48.8 Å². The maximum Gasteiger partial charge on any atom is 0.0821 e. The van der Waals surface area contributed by atoms with Crippen LogP contribution in [0.1, 0.15) is 32.0 Å². The maximum atomic E-state index is 5.81. The summed E-state index contributed by atoms with van der Waals surface area (Å²) in [5.41, 5.74) is 8.89. The minimum Gasteiger partial charge on any atom is -0.399 e. The van der Waals surface area contributed by atoms with E-state index in [0.717, 1.165) is 24.3 Å². The van der Waals surface area contributed by atoms with Gasteiger partial charge < -0.3 is 10.3 Å². The van der Waals surface area contributed by atoms with Crippen molar-refractivity contribution in [3.63, 3.8) is 0 Å². The zero-order valence-corrected chi connectivity index (χ0v) is 12.0. The summed E-state index contributed by atoms with van der Waals surface area (Å²) in [5, 5.41) is 5.82. The Morgan fingerprint density at radius 1 is 1.20 bits per heavy atom. The summed E-state index contributed by atoms with van der Waals surface area (Å²) in [7, 11) is 0. The normalized spacial score (nSPS) is 12.9. The number of hydrogen-bond donors (Lipinski definition) is 1. The number of benzene rings is 1. The number of rotatable bonds is 4. The highest BCUT2D eigenvalue weighted by Crippen LogP contribution is 2.20. The number of nitrogen functional groups attached to an aromatic ring is 1. The number of fused-ring (bicyclic) bond motifs is 1. The lowest BCUT2D eigenvalue weighted by molar-refractivity contribution is 0.472. The zero-order chi connectivity index (χ0) is 14.1. The van der Waals surface area contributed by atoms with Crippen molar-refractivity contribution in [1.29, 1.82) is 0 Å². The van der Waals surface area contributed by atoms with Crippen molar-refractivity contribution in [3.05, 3.63) is 48.4 Å². The first-order chi connectivity index (χ1) is 9.67. The average molecular weight is 268 g/mol. The maximum absolute atomic E-state index is 5.81. The van der Waals surface area contributed by atoms with Crippen molar-refractivity contribution >= 4 is 16.6 Å². The molecule has 1 unspecified atom stereocenters. The molecular weight excluding hydrogens is 248 g/mol. The molecule has 0 bridgehead atoms. The molecule has 3 aromatic rings. The van der Waals surface area contributed by atoms with E-state index in [2.05, 4.69) is 54.1 Å². The van der Waals surface area contributed by atoms with E-state index in [-0.39, 0.29) is 0 Å². The summed E-state index contributed by atoms with van der Waals surface area (Å²) >= 11 is 0. The Morgan fingerprint density at radius 2 is 2.05 bits per heavy atom. The molecule has 0 amide bonds. The highest BCUT2D eigenvalue weighted by molar-refractivity contribution is 5.83. The Bertz CT molecular complexity index is 723. The van der Waals surface area contributed by atoms with Crippen LogP contribution in [0, 0.1) is 0 Å². The van der Waals surface area contributed by atoms with E-state index in [0.29, 0.717) is 6.04 Å². The first-order valence-corrected chi connectivity index (χ1v) is 7.06. The summed E-state index contributed by atoms with van der Waals surface area (Å²) in [6, 6.07) is 10.6. The van der Waals surface area contributed by atoms with Crippen LogP contribution in [0.15, 0.2) is 42.7 Å². The summed E-state index contributed by atoms with van der Waals surface area (Å²) in [4.78, 5) is 0. The molecule has 0 radical (unpaired) electrons. The van der Waals surface area contributed by atoms with Crippen molar-refractivity contribution in [2.75, 3.05) is 5.73 Å². The van der Waals surface area contributed by atoms with Crippen LogP contribution in [0.4, 0.5) is 5.69 Å². The monoisotopic (exact) mass is 268 g/mol. The Hall–Kier alpha value is -2.23. The van der Waals surface area contributed by atoms with Crippen LogP contribution in [0.3, 0.4) is 0 Å². The van der Waals surface area contributed by atoms with Gasteiger partial charge in [-0.1, -0.05) is 6.92 Å². The van der Waals surface area contributed by atoms with E-state index in [1.165, 1.54) is 10.9 Å². The molecule has 1 aromatic carbocycles. The third-order valence-corrected chi connectivity index (χ3v) is 3.83. The molecular formula is C16H20N4. The molecule has 4 heteroatoms. The zero-order valence-electron chi connectivity index (χ0n) is 12.0. The standard InChI is InChI=1S/C16H20N4/c1-3-12(2)20-9-7-15(18-20)11-19-8-6-13-10-14(17)4-5-16(13)19/h4-10,12H,3,11,17H2,1-2H3. The minimum atomic E-state index is 0.449. The Morgan fingerprint density at radius 3 is 2.85 bits per heavy atom. The van der Waals surface area contributed by atoms with Gasteiger partial charge in [-0.15, -0.1) is 0 Å². The first kappa shape index (κ1) is 12.8. The predicted octanol–water partition coefficient (Wildman–Crippen LogP) is 3.44. The van der Waals surface area contributed by atoms with E-state index in [9.17, 15) is 0 Å². The second kappa shape index (κ2) is 5.04. The lowest BCUT2D eigenvalue weighted by Gasteiger charge is -2.08. The van der Waals surface area contributed by atoms with Crippen molar-refractivity contribution in [1.82, 2.24) is 14.3 Å². The highest BCUT2D eigenvalue weighted by Gasteiger charge is 2.07. The van der Waals surface area contributed by atoms with Crippen LogP contribution in [-0.2, 0) is 6.54 Å². The number of nitrogens with two attached hydrogens (primary N) is 1. The molecule has 0 spiro atoms. The lowest BCUT2D eigenvalue weighted by atomic mass is 10.2. The van der Waals surface area contributed by atoms with Gasteiger partial charge in [-0.05, 0) is 43.7 Å². The Balaban J connectivity index is 1.87. The molecule has 4 nitrogen and oxygen atoms in total. The molecule has 3 rings (SSSR count). The second-order valence-electron chi connectivity index (χ2n) is 5.31. The molecule has 20 heavy (non-hydrogen) atoms. The van der Waals surface area contributed by atoms with Gasteiger partial charge in [0, 0.05) is 35.0 Å². The summed E-state index contributed by atoms with van der Waals surface area (Å²) < 4.78 is 4.25. The molecule has 1 atom stereocenters. The smallest absolute Gasteiger partial charge is 0.0821 e. The largest absolute Gasteiger partial charge is 0.399 e. The van der Waals surface area contributed by atoms with Gasteiger partial charge in [-0.25, -0.2) is 0 Å². The molecule has 0 fully saturated rings. The van der Waals surface area contributed by atoms with Crippen molar-refractivity contribution < 1.29 is 0 Å². The van der Waals surface area contributed by atoms with Gasteiger partial charge in [0.1, 0.15) is 0 Å². The summed E-state index contributed by atoms with van der Waals surface area (Å²) in [6.45, 7) is 5.15. The Kier molecular flexibility index (Phi) is 3.22. The number of aromatic nitrogens is 3. The summed E-state index contributed by atoms with van der Waals surface area (Å²) in [6.07, 6.45) is 5.24. The quantitative estimate of drug-likeness (QED) is 0.737. The van der Waals surface area contributed by atoms with E-state index in [1.807, 2.05) is 16.8 Å². The molecule has 0 aliphatic rings. The molecule has 2 N–H and O–H groups in total. The lowest BCUT2D eigenvalue weighted by Crippen LogP contribution is -2.06. The molecule has 0 aliphatic carbocycles. The van der Waals surface area contributed by atoms with Crippen LogP contribution >= 0.6 is 0 Å². The van der Waals surface area contributed by atoms with Gasteiger partial charge in [-0.3, -0.25) is 4.68 Å². The molecule has 2 heterocycles. The molecule has 0 saturated heterocycles. The summed E-state index contributed by atoms with van der Waals surface area (Å²) in [5.74, 6) is 0. The van der Waals surface area contributed by atoms with Crippen LogP contribution in [0.2, 0.25) is 0 Å². The van der Waals surface area contributed by atoms with Crippen molar-refractivity contribution in [3.8, 4) is 0 Å². The molecule has 104 valence electrons.